The predicted molar refractivity (Wildman–Crippen MR) is 132 cm³/mol. The van der Waals surface area contributed by atoms with E-state index in [1.54, 1.807) is 43.7 Å². The number of hydrazone groups is 1. The Bertz CT molecular complexity index is 1220. The fraction of sp³-hybridized carbons (Fsp3) is 0.174. The van der Waals surface area contributed by atoms with E-state index < -0.39 is 5.97 Å². The molecule has 32 heavy (non-hydrogen) atoms. The number of aryl methyl sites for hydroxylation is 1. The summed E-state index contributed by atoms with van der Waals surface area (Å²) in [6.07, 6.45) is 1.59. The third-order valence-corrected chi connectivity index (χ3v) is 6.07. The van der Waals surface area contributed by atoms with Crippen molar-refractivity contribution in [3.8, 4) is 11.4 Å². The minimum absolute atomic E-state index is 0.303. The lowest BCUT2D eigenvalue weighted by molar-refractivity contribution is 0.0600. The summed E-state index contributed by atoms with van der Waals surface area (Å²) in [4.78, 5) is 24.2. The molecule has 9 heteroatoms. The van der Waals surface area contributed by atoms with Gasteiger partial charge in [-0.1, -0.05) is 11.6 Å². The molecule has 0 saturated carbocycles. The van der Waals surface area contributed by atoms with Crippen LogP contribution in [0.15, 0.2) is 47.6 Å². The van der Waals surface area contributed by atoms with Crippen molar-refractivity contribution in [3.63, 3.8) is 0 Å². The standard InChI is InChI=1S/C23H21ClIN3O4/c1-13-9-16(12-26-27-22(29)15-5-8-20(25)21(10-15)31-3)14(2)28(13)17-6-7-18(19(24)11-17)23(30)32-4/h5-12H,1-4H3,(H,27,29)/b26-12-. The van der Waals surface area contributed by atoms with Gasteiger partial charge >= 0.3 is 5.97 Å². The van der Waals surface area contributed by atoms with Gasteiger partial charge in [0.05, 0.1) is 34.6 Å². The third-order valence-electron chi connectivity index (χ3n) is 4.87. The van der Waals surface area contributed by atoms with Crippen LogP contribution >= 0.6 is 34.2 Å². The van der Waals surface area contributed by atoms with Crippen molar-refractivity contribution < 1.29 is 19.1 Å². The largest absolute Gasteiger partial charge is 0.496 e. The molecule has 0 fully saturated rings. The second-order valence-electron chi connectivity index (χ2n) is 6.87. The highest BCUT2D eigenvalue weighted by Crippen LogP contribution is 2.25. The highest BCUT2D eigenvalue weighted by atomic mass is 127. The summed E-state index contributed by atoms with van der Waals surface area (Å²) in [5.74, 6) is -0.200. The Hall–Kier alpha value is -2.85. The molecule has 0 unspecified atom stereocenters. The molecule has 0 aliphatic heterocycles. The average molecular weight is 566 g/mol. The number of rotatable bonds is 6. The molecule has 0 spiro atoms. The number of halogens is 2. The molecule has 0 saturated heterocycles. The van der Waals surface area contributed by atoms with E-state index in [9.17, 15) is 9.59 Å². The smallest absolute Gasteiger partial charge is 0.339 e. The summed E-state index contributed by atoms with van der Waals surface area (Å²) in [6, 6.07) is 12.3. The molecule has 0 aliphatic carbocycles. The first-order chi connectivity index (χ1) is 15.3. The van der Waals surface area contributed by atoms with Crippen LogP contribution in [0.1, 0.15) is 37.7 Å². The van der Waals surface area contributed by atoms with Gasteiger partial charge < -0.3 is 14.0 Å². The molecule has 166 valence electrons. The van der Waals surface area contributed by atoms with Crippen molar-refractivity contribution >= 4 is 52.3 Å². The number of benzene rings is 2. The first kappa shape index (κ1) is 23.8. The molecule has 0 bridgehead atoms. The number of methoxy groups -OCH3 is 2. The molecule has 0 aliphatic rings. The molecule has 1 heterocycles. The van der Waals surface area contributed by atoms with Crippen LogP contribution in [0.2, 0.25) is 5.02 Å². The van der Waals surface area contributed by atoms with E-state index in [-0.39, 0.29) is 5.91 Å². The Labute approximate surface area is 204 Å². The fourth-order valence-corrected chi connectivity index (χ4v) is 4.07. The molecular formula is C23H21ClIN3O4. The SMILES string of the molecule is COC(=O)c1ccc(-n2c(C)cc(/C=N\NC(=O)c3ccc(I)c(OC)c3)c2C)cc1Cl. The van der Waals surface area contributed by atoms with Crippen molar-refractivity contribution in [2.75, 3.05) is 14.2 Å². The van der Waals surface area contributed by atoms with E-state index >= 15 is 0 Å². The quantitative estimate of drug-likeness (QED) is 0.199. The molecule has 2 aromatic carbocycles. The molecule has 7 nitrogen and oxygen atoms in total. The Kier molecular flexibility index (Phi) is 7.57. The minimum Gasteiger partial charge on any atom is -0.496 e. The predicted octanol–water partition coefficient (Wildman–Crippen LogP) is 4.91. The Balaban J connectivity index is 1.80. The second kappa shape index (κ2) is 10.2. The second-order valence-corrected chi connectivity index (χ2v) is 8.44. The van der Waals surface area contributed by atoms with Crippen LogP contribution in [0, 0.1) is 17.4 Å². The molecule has 0 atom stereocenters. The van der Waals surface area contributed by atoms with Gasteiger partial charge in [-0.05, 0) is 78.9 Å². The maximum atomic E-state index is 12.4. The summed E-state index contributed by atoms with van der Waals surface area (Å²) >= 11 is 8.41. The van der Waals surface area contributed by atoms with Gasteiger partial charge in [0.25, 0.3) is 5.91 Å². The monoisotopic (exact) mass is 565 g/mol. The van der Waals surface area contributed by atoms with E-state index in [4.69, 9.17) is 21.1 Å². The molecule has 1 aromatic heterocycles. The fourth-order valence-electron chi connectivity index (χ4n) is 3.26. The van der Waals surface area contributed by atoms with E-state index in [0.29, 0.717) is 21.9 Å². The maximum absolute atomic E-state index is 12.4. The van der Waals surface area contributed by atoms with E-state index in [2.05, 4.69) is 33.1 Å². The number of hydrogen-bond acceptors (Lipinski definition) is 5. The lowest BCUT2D eigenvalue weighted by Crippen LogP contribution is -2.17. The van der Waals surface area contributed by atoms with Gasteiger partial charge in [0.15, 0.2) is 0 Å². The average Bonchev–Trinajstić information content (AvgIpc) is 3.06. The number of carbonyl (C=O) groups is 2. The summed E-state index contributed by atoms with van der Waals surface area (Å²) in [5.41, 5.74) is 6.77. The van der Waals surface area contributed by atoms with Gasteiger partial charge in [-0.2, -0.15) is 5.10 Å². The normalized spacial score (nSPS) is 10.9. The van der Waals surface area contributed by atoms with Crippen LogP contribution in [0.4, 0.5) is 0 Å². The Morgan fingerprint density at radius 3 is 2.53 bits per heavy atom. The van der Waals surface area contributed by atoms with Crippen LogP contribution in [0.3, 0.4) is 0 Å². The van der Waals surface area contributed by atoms with Crippen molar-refractivity contribution in [2.45, 2.75) is 13.8 Å². The molecule has 0 radical (unpaired) electrons. The zero-order chi connectivity index (χ0) is 23.4. The number of esters is 1. The minimum atomic E-state index is -0.489. The highest BCUT2D eigenvalue weighted by molar-refractivity contribution is 14.1. The van der Waals surface area contributed by atoms with Gasteiger partial charge in [0, 0.05) is 28.2 Å². The number of nitrogens with one attached hydrogen (secondary N) is 1. The molecule has 1 N–H and O–H groups in total. The number of hydrogen-bond donors (Lipinski definition) is 1. The lowest BCUT2D eigenvalue weighted by atomic mass is 10.2. The van der Waals surface area contributed by atoms with Crippen LogP contribution < -0.4 is 10.2 Å². The van der Waals surface area contributed by atoms with Crippen molar-refractivity contribution in [1.82, 2.24) is 9.99 Å². The van der Waals surface area contributed by atoms with Gasteiger partial charge in [-0.25, -0.2) is 10.2 Å². The molecular weight excluding hydrogens is 545 g/mol. The molecule has 1 amide bonds. The Morgan fingerprint density at radius 2 is 1.88 bits per heavy atom. The number of aromatic nitrogens is 1. The first-order valence-electron chi connectivity index (χ1n) is 9.51. The first-order valence-corrected chi connectivity index (χ1v) is 11.0. The van der Waals surface area contributed by atoms with Gasteiger partial charge in [0.1, 0.15) is 5.75 Å². The van der Waals surface area contributed by atoms with Gasteiger partial charge in [0.2, 0.25) is 0 Å². The lowest BCUT2D eigenvalue weighted by Gasteiger charge is -2.11. The third kappa shape index (κ3) is 4.97. The zero-order valence-corrected chi connectivity index (χ0v) is 20.8. The van der Waals surface area contributed by atoms with Crippen molar-refractivity contribution in [1.29, 1.82) is 0 Å². The van der Waals surface area contributed by atoms with Crippen LogP contribution in [0.25, 0.3) is 5.69 Å². The van der Waals surface area contributed by atoms with E-state index in [0.717, 1.165) is 26.2 Å². The van der Waals surface area contributed by atoms with Crippen molar-refractivity contribution in [3.05, 3.63) is 79.1 Å². The van der Waals surface area contributed by atoms with E-state index in [1.165, 1.54) is 7.11 Å². The summed E-state index contributed by atoms with van der Waals surface area (Å²) in [5, 5.41) is 4.41. The molecule has 3 aromatic rings. The maximum Gasteiger partial charge on any atom is 0.339 e. The summed E-state index contributed by atoms with van der Waals surface area (Å²) < 4.78 is 12.9. The summed E-state index contributed by atoms with van der Waals surface area (Å²) in [7, 11) is 2.87. The topological polar surface area (TPSA) is 81.9 Å². The van der Waals surface area contributed by atoms with Crippen LogP contribution in [-0.2, 0) is 4.74 Å². The van der Waals surface area contributed by atoms with Crippen LogP contribution in [0.5, 0.6) is 5.75 Å². The Morgan fingerprint density at radius 1 is 1.12 bits per heavy atom. The number of carbonyl (C=O) groups excluding carboxylic acids is 2. The van der Waals surface area contributed by atoms with Crippen LogP contribution in [-0.4, -0.2) is 36.9 Å². The highest BCUT2D eigenvalue weighted by Gasteiger charge is 2.15. The molecule has 3 rings (SSSR count). The number of amides is 1. The van der Waals surface area contributed by atoms with Crippen molar-refractivity contribution in [2.24, 2.45) is 5.10 Å². The van der Waals surface area contributed by atoms with E-state index in [1.807, 2.05) is 30.5 Å². The number of nitrogens with zero attached hydrogens (tertiary/aromatic N) is 2. The van der Waals surface area contributed by atoms with Gasteiger partial charge in [-0.3, -0.25) is 4.79 Å². The zero-order valence-electron chi connectivity index (χ0n) is 17.9. The summed E-state index contributed by atoms with van der Waals surface area (Å²) in [6.45, 7) is 3.88. The van der Waals surface area contributed by atoms with Gasteiger partial charge in [-0.15, -0.1) is 0 Å². The number of ether oxygens (including phenoxy) is 2.